The zero-order valence-electron chi connectivity index (χ0n) is 16.7. The Kier molecular flexibility index (Phi) is 7.17. The van der Waals surface area contributed by atoms with E-state index in [4.69, 9.17) is 0 Å². The van der Waals surface area contributed by atoms with Gasteiger partial charge in [0.2, 0.25) is 15.9 Å². The first kappa shape index (κ1) is 21.5. The van der Waals surface area contributed by atoms with Crippen LogP contribution in [0.1, 0.15) is 23.6 Å². The van der Waals surface area contributed by atoms with E-state index < -0.39 is 10.0 Å². The quantitative estimate of drug-likeness (QED) is 0.536. The lowest BCUT2D eigenvalue weighted by Crippen LogP contribution is -2.22. The summed E-state index contributed by atoms with van der Waals surface area (Å²) in [7, 11) is -3.48. The lowest BCUT2D eigenvalue weighted by atomic mass is 10.0. The van der Waals surface area contributed by atoms with E-state index in [0.29, 0.717) is 6.54 Å². The lowest BCUT2D eigenvalue weighted by Gasteiger charge is -2.10. The van der Waals surface area contributed by atoms with Gasteiger partial charge in [-0.25, -0.2) is 13.1 Å². The molecule has 0 heterocycles. The number of benzene rings is 3. The Labute approximate surface area is 177 Å². The second-order valence-corrected chi connectivity index (χ2v) is 8.48. The Morgan fingerprint density at radius 1 is 0.900 bits per heavy atom. The van der Waals surface area contributed by atoms with Crippen LogP contribution in [-0.2, 0) is 21.2 Å². The molecule has 0 unspecified atom stereocenters. The van der Waals surface area contributed by atoms with Crippen molar-refractivity contribution in [1.82, 2.24) is 4.72 Å². The van der Waals surface area contributed by atoms with Crippen LogP contribution in [0.5, 0.6) is 0 Å². The minimum absolute atomic E-state index is 0.195. The molecule has 0 saturated carbocycles. The van der Waals surface area contributed by atoms with Crippen molar-refractivity contribution in [2.24, 2.45) is 0 Å². The normalized spacial score (nSPS) is 11.5. The Hall–Kier alpha value is -3.22. The van der Waals surface area contributed by atoms with Gasteiger partial charge < -0.3 is 5.32 Å². The van der Waals surface area contributed by atoms with Gasteiger partial charge in [-0.3, -0.25) is 4.79 Å². The van der Waals surface area contributed by atoms with Gasteiger partial charge in [0, 0.05) is 18.3 Å². The third kappa shape index (κ3) is 5.89. The molecule has 0 saturated heterocycles. The molecule has 0 aliphatic rings. The van der Waals surface area contributed by atoms with E-state index in [2.05, 4.69) is 22.2 Å². The van der Waals surface area contributed by atoms with Gasteiger partial charge in [0.1, 0.15) is 0 Å². The number of rotatable bonds is 8. The SMILES string of the molecule is CCNS(=O)(=O)c1ccc(/C=C/C(=O)Nc2ccccc2Cc2ccccc2)cc1. The minimum atomic E-state index is -3.48. The van der Waals surface area contributed by atoms with E-state index in [1.807, 2.05) is 42.5 Å². The highest BCUT2D eigenvalue weighted by molar-refractivity contribution is 7.89. The van der Waals surface area contributed by atoms with Crippen molar-refractivity contribution in [2.45, 2.75) is 18.2 Å². The van der Waals surface area contributed by atoms with Crippen LogP contribution >= 0.6 is 0 Å². The molecule has 30 heavy (non-hydrogen) atoms. The first-order valence-corrected chi connectivity index (χ1v) is 11.2. The minimum Gasteiger partial charge on any atom is -0.322 e. The summed E-state index contributed by atoms with van der Waals surface area (Å²) in [4.78, 5) is 12.6. The molecule has 0 aromatic heterocycles. The zero-order chi connectivity index (χ0) is 21.4. The number of carbonyl (C=O) groups excluding carboxylic acids is 1. The maximum Gasteiger partial charge on any atom is 0.248 e. The van der Waals surface area contributed by atoms with E-state index in [-0.39, 0.29) is 10.8 Å². The summed E-state index contributed by atoms with van der Waals surface area (Å²) in [6, 6.07) is 24.2. The second-order valence-electron chi connectivity index (χ2n) is 6.71. The molecule has 0 radical (unpaired) electrons. The third-order valence-electron chi connectivity index (χ3n) is 4.46. The first-order valence-electron chi connectivity index (χ1n) is 9.68. The summed E-state index contributed by atoms with van der Waals surface area (Å²) in [5, 5.41) is 2.92. The number of carbonyl (C=O) groups is 1. The Bertz CT molecular complexity index is 1120. The highest BCUT2D eigenvalue weighted by Crippen LogP contribution is 2.19. The van der Waals surface area contributed by atoms with Crippen molar-refractivity contribution in [3.8, 4) is 0 Å². The van der Waals surface area contributed by atoms with Crippen molar-refractivity contribution in [3.63, 3.8) is 0 Å². The first-order chi connectivity index (χ1) is 14.5. The van der Waals surface area contributed by atoms with Crippen LogP contribution in [0, 0.1) is 0 Å². The molecule has 1 amide bonds. The second kappa shape index (κ2) is 10.0. The van der Waals surface area contributed by atoms with Crippen LogP contribution in [-0.4, -0.2) is 20.9 Å². The van der Waals surface area contributed by atoms with Gasteiger partial charge in [-0.2, -0.15) is 0 Å². The molecule has 3 rings (SSSR count). The standard InChI is InChI=1S/C24H24N2O3S/c1-2-25-30(28,29)22-15-12-19(13-16-22)14-17-24(27)26-23-11-7-6-10-21(23)18-20-8-4-3-5-9-20/h3-17,25H,2,18H2,1H3,(H,26,27)/b17-14+. The predicted molar refractivity (Wildman–Crippen MR) is 121 cm³/mol. The summed E-state index contributed by atoms with van der Waals surface area (Å²) in [6.45, 7) is 2.06. The van der Waals surface area contributed by atoms with Gasteiger partial charge in [0.25, 0.3) is 0 Å². The Morgan fingerprint density at radius 2 is 1.57 bits per heavy atom. The molecule has 0 bridgehead atoms. The smallest absolute Gasteiger partial charge is 0.248 e. The van der Waals surface area contributed by atoms with Crippen molar-refractivity contribution in [1.29, 1.82) is 0 Å². The number of amides is 1. The fraction of sp³-hybridized carbons (Fsp3) is 0.125. The number of para-hydroxylation sites is 1. The highest BCUT2D eigenvalue weighted by Gasteiger charge is 2.11. The van der Waals surface area contributed by atoms with Gasteiger partial charge in [-0.1, -0.05) is 67.6 Å². The average Bonchev–Trinajstić information content (AvgIpc) is 2.75. The van der Waals surface area contributed by atoms with Crippen molar-refractivity contribution in [2.75, 3.05) is 11.9 Å². The van der Waals surface area contributed by atoms with Crippen LogP contribution in [0.25, 0.3) is 6.08 Å². The maximum atomic E-state index is 12.4. The van der Waals surface area contributed by atoms with Crippen LogP contribution in [0.15, 0.2) is 89.8 Å². The molecule has 0 aliphatic heterocycles. The Morgan fingerprint density at radius 3 is 2.27 bits per heavy atom. The van der Waals surface area contributed by atoms with Gasteiger partial charge in [-0.05, 0) is 47.4 Å². The molecule has 0 spiro atoms. The summed E-state index contributed by atoms with van der Waals surface area (Å²) in [5.74, 6) is -0.250. The summed E-state index contributed by atoms with van der Waals surface area (Å²) >= 11 is 0. The van der Waals surface area contributed by atoms with E-state index in [1.54, 1.807) is 25.1 Å². The number of hydrogen-bond donors (Lipinski definition) is 2. The monoisotopic (exact) mass is 420 g/mol. The zero-order valence-corrected chi connectivity index (χ0v) is 17.5. The van der Waals surface area contributed by atoms with Gasteiger partial charge in [0.05, 0.1) is 4.90 Å². The summed E-state index contributed by atoms with van der Waals surface area (Å²) in [5.41, 5.74) is 3.70. The Balaban J connectivity index is 1.67. The van der Waals surface area contributed by atoms with Crippen LogP contribution in [0.2, 0.25) is 0 Å². The van der Waals surface area contributed by atoms with E-state index in [0.717, 1.165) is 23.2 Å². The molecule has 3 aromatic rings. The molecule has 0 fully saturated rings. The van der Waals surface area contributed by atoms with Crippen LogP contribution < -0.4 is 10.0 Å². The molecular weight excluding hydrogens is 396 g/mol. The lowest BCUT2D eigenvalue weighted by molar-refractivity contribution is -0.111. The number of nitrogens with one attached hydrogen (secondary N) is 2. The van der Waals surface area contributed by atoms with Crippen molar-refractivity contribution < 1.29 is 13.2 Å². The predicted octanol–water partition coefficient (Wildman–Crippen LogP) is 4.23. The molecule has 154 valence electrons. The van der Waals surface area contributed by atoms with Crippen LogP contribution in [0.4, 0.5) is 5.69 Å². The summed E-state index contributed by atoms with van der Waals surface area (Å²) < 4.78 is 26.4. The van der Waals surface area contributed by atoms with Gasteiger partial charge in [0.15, 0.2) is 0 Å². The number of sulfonamides is 1. The van der Waals surface area contributed by atoms with E-state index in [9.17, 15) is 13.2 Å². The molecule has 5 nitrogen and oxygen atoms in total. The molecule has 6 heteroatoms. The largest absolute Gasteiger partial charge is 0.322 e. The average molecular weight is 421 g/mol. The fourth-order valence-corrected chi connectivity index (χ4v) is 4.03. The van der Waals surface area contributed by atoms with Gasteiger partial charge >= 0.3 is 0 Å². The van der Waals surface area contributed by atoms with Crippen molar-refractivity contribution >= 4 is 27.7 Å². The maximum absolute atomic E-state index is 12.4. The topological polar surface area (TPSA) is 75.3 Å². The van der Waals surface area contributed by atoms with E-state index >= 15 is 0 Å². The van der Waals surface area contributed by atoms with Crippen LogP contribution in [0.3, 0.4) is 0 Å². The third-order valence-corrected chi connectivity index (χ3v) is 6.03. The van der Waals surface area contributed by atoms with Gasteiger partial charge in [-0.15, -0.1) is 0 Å². The number of hydrogen-bond acceptors (Lipinski definition) is 3. The van der Waals surface area contributed by atoms with E-state index in [1.165, 1.54) is 23.8 Å². The fourth-order valence-electron chi connectivity index (χ4n) is 2.99. The molecule has 2 N–H and O–H groups in total. The molecule has 3 aromatic carbocycles. The molecule has 0 atom stereocenters. The van der Waals surface area contributed by atoms with Crippen molar-refractivity contribution in [3.05, 3.63) is 102 Å². The summed E-state index contributed by atoms with van der Waals surface area (Å²) in [6.07, 6.45) is 3.81. The molecular formula is C24H24N2O3S. The number of anilines is 1. The highest BCUT2D eigenvalue weighted by atomic mass is 32.2. The molecule has 0 aliphatic carbocycles.